The number of rotatable bonds is 8. The number of amides is 1. The topological polar surface area (TPSA) is 58.6 Å². The van der Waals surface area contributed by atoms with Gasteiger partial charge in [0.25, 0.3) is 5.91 Å². The maximum Gasteiger partial charge on any atom is 0.255 e. The van der Waals surface area contributed by atoms with Crippen molar-refractivity contribution in [3.05, 3.63) is 29.8 Å². The summed E-state index contributed by atoms with van der Waals surface area (Å²) in [4.78, 5) is 12.1. The Morgan fingerprint density at radius 3 is 2.70 bits per heavy atom. The molecular weight excluding hydrogens is 254 g/mol. The van der Waals surface area contributed by atoms with Crippen molar-refractivity contribution in [3.63, 3.8) is 0 Å². The smallest absolute Gasteiger partial charge is 0.255 e. The summed E-state index contributed by atoms with van der Waals surface area (Å²) < 4.78 is 5.44. The highest BCUT2D eigenvalue weighted by Gasteiger charge is 2.16. The molecule has 20 heavy (non-hydrogen) atoms. The number of carbonyl (C=O) groups is 1. The molecule has 0 atom stereocenters. The fraction of sp³-hybridized carbons (Fsp3) is 0.562. The third-order valence-electron chi connectivity index (χ3n) is 3.18. The SMILES string of the molecule is CCOc1ccccc1C(=O)NCCCC(C)(C)CO. The Morgan fingerprint density at radius 1 is 1.35 bits per heavy atom. The van der Waals surface area contributed by atoms with E-state index in [-0.39, 0.29) is 17.9 Å². The van der Waals surface area contributed by atoms with E-state index in [9.17, 15) is 9.90 Å². The van der Waals surface area contributed by atoms with Crippen LogP contribution in [-0.2, 0) is 0 Å². The monoisotopic (exact) mass is 279 g/mol. The molecule has 0 aromatic heterocycles. The Balaban J connectivity index is 2.47. The summed E-state index contributed by atoms with van der Waals surface area (Å²) in [7, 11) is 0. The standard InChI is InChI=1S/C16H25NO3/c1-4-20-14-9-6-5-8-13(14)15(19)17-11-7-10-16(2,3)12-18/h5-6,8-9,18H,4,7,10-12H2,1-3H3,(H,17,19). The minimum absolute atomic E-state index is 0.0893. The maximum absolute atomic E-state index is 12.1. The first-order chi connectivity index (χ1) is 9.50. The molecule has 1 rings (SSSR count). The molecule has 0 unspecified atom stereocenters. The second-order valence-corrected chi connectivity index (χ2v) is 5.61. The molecule has 2 N–H and O–H groups in total. The second-order valence-electron chi connectivity index (χ2n) is 5.61. The molecule has 0 aliphatic heterocycles. The lowest BCUT2D eigenvalue weighted by Crippen LogP contribution is -2.26. The fourth-order valence-electron chi connectivity index (χ4n) is 1.88. The third-order valence-corrected chi connectivity index (χ3v) is 3.18. The van der Waals surface area contributed by atoms with E-state index in [2.05, 4.69) is 5.32 Å². The number of nitrogens with one attached hydrogen (secondary N) is 1. The molecule has 1 amide bonds. The predicted molar refractivity (Wildman–Crippen MR) is 80.0 cm³/mol. The van der Waals surface area contributed by atoms with E-state index in [0.29, 0.717) is 24.5 Å². The zero-order chi connectivity index (χ0) is 15.0. The van der Waals surface area contributed by atoms with Crippen LogP contribution in [0.5, 0.6) is 5.75 Å². The Bertz CT molecular complexity index is 429. The van der Waals surface area contributed by atoms with Gasteiger partial charge in [-0.25, -0.2) is 0 Å². The molecule has 1 aromatic rings. The fourth-order valence-corrected chi connectivity index (χ4v) is 1.88. The maximum atomic E-state index is 12.1. The highest BCUT2D eigenvalue weighted by atomic mass is 16.5. The van der Waals surface area contributed by atoms with Crippen LogP contribution in [0.4, 0.5) is 0 Å². The lowest BCUT2D eigenvalue weighted by atomic mass is 9.89. The summed E-state index contributed by atoms with van der Waals surface area (Å²) in [5.41, 5.74) is 0.476. The molecule has 112 valence electrons. The molecule has 0 aliphatic carbocycles. The van der Waals surface area contributed by atoms with Crippen LogP contribution in [0.3, 0.4) is 0 Å². The van der Waals surface area contributed by atoms with E-state index >= 15 is 0 Å². The van der Waals surface area contributed by atoms with Gasteiger partial charge in [-0.15, -0.1) is 0 Å². The van der Waals surface area contributed by atoms with E-state index in [4.69, 9.17) is 4.74 Å². The van der Waals surface area contributed by atoms with Crippen molar-refractivity contribution in [2.45, 2.75) is 33.6 Å². The Morgan fingerprint density at radius 2 is 2.05 bits per heavy atom. The van der Waals surface area contributed by atoms with E-state index < -0.39 is 0 Å². The lowest BCUT2D eigenvalue weighted by molar-refractivity contribution is 0.0945. The van der Waals surface area contributed by atoms with Crippen LogP contribution in [0, 0.1) is 5.41 Å². The van der Waals surface area contributed by atoms with Crippen molar-refractivity contribution in [1.29, 1.82) is 0 Å². The van der Waals surface area contributed by atoms with Gasteiger partial charge in [-0.05, 0) is 37.3 Å². The van der Waals surface area contributed by atoms with E-state index in [1.54, 1.807) is 12.1 Å². The minimum atomic E-state index is -0.115. The number of hydrogen-bond donors (Lipinski definition) is 2. The van der Waals surface area contributed by atoms with Gasteiger partial charge in [-0.1, -0.05) is 26.0 Å². The van der Waals surface area contributed by atoms with Crippen LogP contribution >= 0.6 is 0 Å². The predicted octanol–water partition coefficient (Wildman–Crippen LogP) is 2.61. The van der Waals surface area contributed by atoms with Crippen molar-refractivity contribution in [3.8, 4) is 5.75 Å². The van der Waals surface area contributed by atoms with Gasteiger partial charge in [0.05, 0.1) is 12.2 Å². The van der Waals surface area contributed by atoms with Gasteiger partial charge in [-0.3, -0.25) is 4.79 Å². The van der Waals surface area contributed by atoms with E-state index in [0.717, 1.165) is 12.8 Å². The minimum Gasteiger partial charge on any atom is -0.493 e. The van der Waals surface area contributed by atoms with Gasteiger partial charge < -0.3 is 15.2 Å². The number of para-hydroxylation sites is 1. The van der Waals surface area contributed by atoms with Gasteiger partial charge in [-0.2, -0.15) is 0 Å². The molecule has 0 bridgehead atoms. The lowest BCUT2D eigenvalue weighted by Gasteiger charge is -2.21. The van der Waals surface area contributed by atoms with Crippen LogP contribution in [0.15, 0.2) is 24.3 Å². The van der Waals surface area contributed by atoms with Crippen LogP contribution in [-0.4, -0.2) is 30.8 Å². The molecule has 0 heterocycles. The molecule has 0 aliphatic rings. The zero-order valence-corrected chi connectivity index (χ0v) is 12.6. The molecular formula is C16H25NO3. The first-order valence-electron chi connectivity index (χ1n) is 7.11. The summed E-state index contributed by atoms with van der Waals surface area (Å²) in [6, 6.07) is 7.24. The average Bonchev–Trinajstić information content (AvgIpc) is 2.44. The highest BCUT2D eigenvalue weighted by Crippen LogP contribution is 2.21. The van der Waals surface area contributed by atoms with Crippen LogP contribution in [0.25, 0.3) is 0 Å². The van der Waals surface area contributed by atoms with Crippen molar-refractivity contribution < 1.29 is 14.6 Å². The number of ether oxygens (including phenoxy) is 1. The van der Waals surface area contributed by atoms with Crippen molar-refractivity contribution >= 4 is 5.91 Å². The molecule has 0 spiro atoms. The highest BCUT2D eigenvalue weighted by molar-refractivity contribution is 5.96. The second kappa shape index (κ2) is 7.90. The molecule has 0 radical (unpaired) electrons. The first kappa shape index (κ1) is 16.5. The normalized spacial score (nSPS) is 11.2. The molecule has 1 aromatic carbocycles. The Hall–Kier alpha value is -1.55. The molecule has 4 nitrogen and oxygen atoms in total. The number of carbonyl (C=O) groups excluding carboxylic acids is 1. The summed E-state index contributed by atoms with van der Waals surface area (Å²) >= 11 is 0. The zero-order valence-electron chi connectivity index (χ0n) is 12.6. The van der Waals surface area contributed by atoms with Gasteiger partial charge >= 0.3 is 0 Å². The number of aliphatic hydroxyl groups is 1. The largest absolute Gasteiger partial charge is 0.493 e. The molecule has 4 heteroatoms. The van der Waals surface area contributed by atoms with Crippen molar-refractivity contribution in [2.24, 2.45) is 5.41 Å². The van der Waals surface area contributed by atoms with Crippen molar-refractivity contribution in [2.75, 3.05) is 19.8 Å². The average molecular weight is 279 g/mol. The Labute approximate surface area is 121 Å². The summed E-state index contributed by atoms with van der Waals surface area (Å²) in [5, 5.41) is 12.1. The third kappa shape index (κ3) is 5.21. The van der Waals surface area contributed by atoms with E-state index in [1.807, 2.05) is 32.9 Å². The summed E-state index contributed by atoms with van der Waals surface area (Å²) in [6.45, 7) is 7.22. The van der Waals surface area contributed by atoms with Crippen LogP contribution < -0.4 is 10.1 Å². The molecule has 0 saturated carbocycles. The summed E-state index contributed by atoms with van der Waals surface area (Å²) in [5.74, 6) is 0.499. The number of hydrogen-bond acceptors (Lipinski definition) is 3. The van der Waals surface area contributed by atoms with Crippen LogP contribution in [0.1, 0.15) is 44.0 Å². The van der Waals surface area contributed by atoms with E-state index in [1.165, 1.54) is 0 Å². The molecule has 0 fully saturated rings. The number of benzene rings is 1. The first-order valence-corrected chi connectivity index (χ1v) is 7.11. The van der Waals surface area contributed by atoms with Crippen LogP contribution in [0.2, 0.25) is 0 Å². The summed E-state index contributed by atoms with van der Waals surface area (Å²) in [6.07, 6.45) is 1.72. The Kier molecular flexibility index (Phi) is 6.52. The van der Waals surface area contributed by atoms with Gasteiger partial charge in [0.15, 0.2) is 0 Å². The quantitative estimate of drug-likeness (QED) is 0.719. The van der Waals surface area contributed by atoms with Gasteiger partial charge in [0.1, 0.15) is 5.75 Å². The van der Waals surface area contributed by atoms with Gasteiger partial charge in [0.2, 0.25) is 0 Å². The molecule has 0 saturated heterocycles. The van der Waals surface area contributed by atoms with Crippen molar-refractivity contribution in [1.82, 2.24) is 5.32 Å². The number of aliphatic hydroxyl groups excluding tert-OH is 1. The van der Waals surface area contributed by atoms with Gasteiger partial charge in [0, 0.05) is 13.2 Å².